The molecule has 1 aromatic carbocycles. The molecule has 1 aliphatic heterocycles. The van der Waals surface area contributed by atoms with Crippen LogP contribution in [0.4, 0.5) is 11.5 Å². The lowest BCUT2D eigenvalue weighted by molar-refractivity contribution is 0.144. The van der Waals surface area contributed by atoms with E-state index in [1.54, 1.807) is 24.3 Å². The van der Waals surface area contributed by atoms with Crippen LogP contribution >= 0.6 is 0 Å². The number of aromatic nitrogens is 1. The largest absolute Gasteiger partial charge is 0.369 e. The maximum absolute atomic E-state index is 13.0. The molecule has 1 aliphatic rings. The van der Waals surface area contributed by atoms with Crippen LogP contribution in [-0.4, -0.2) is 50.5 Å². The number of pyridine rings is 1. The molecule has 1 N–H and O–H groups in total. The molecule has 0 saturated carbocycles. The molecular weight excluding hydrogens is 384 g/mol. The van der Waals surface area contributed by atoms with Crippen molar-refractivity contribution in [1.82, 2.24) is 9.88 Å². The molecule has 1 saturated heterocycles. The molecule has 0 aliphatic carbocycles. The fourth-order valence-electron chi connectivity index (χ4n) is 3.86. The first kappa shape index (κ1) is 21.6. The Bertz CT molecular complexity index is 871. The van der Waals surface area contributed by atoms with Gasteiger partial charge in [-0.1, -0.05) is 25.1 Å². The Morgan fingerprint density at radius 1 is 1.24 bits per heavy atom. The molecule has 0 spiro atoms. The Morgan fingerprint density at radius 2 is 2.00 bits per heavy atom. The molecule has 2 aromatic rings. The molecule has 0 radical (unpaired) electrons. The summed E-state index contributed by atoms with van der Waals surface area (Å²) in [5, 5.41) is 3.35. The normalized spacial score (nSPS) is 18.9. The SMILES string of the molecule is CCN(c1ccccc1)S(=O)(=O)c1ccc(NCC(C)N2CCCC(C)C2)nc1. The third kappa shape index (κ3) is 5.28. The van der Waals surface area contributed by atoms with E-state index in [2.05, 4.69) is 29.0 Å². The highest BCUT2D eigenvalue weighted by Gasteiger charge is 2.24. The molecule has 6 nitrogen and oxygen atoms in total. The van der Waals surface area contributed by atoms with Crippen molar-refractivity contribution in [1.29, 1.82) is 0 Å². The highest BCUT2D eigenvalue weighted by molar-refractivity contribution is 7.92. The van der Waals surface area contributed by atoms with Gasteiger partial charge in [0.1, 0.15) is 10.7 Å². The molecule has 3 rings (SSSR count). The van der Waals surface area contributed by atoms with Gasteiger partial charge < -0.3 is 5.32 Å². The number of sulfonamides is 1. The van der Waals surface area contributed by atoms with Crippen LogP contribution in [0.2, 0.25) is 0 Å². The van der Waals surface area contributed by atoms with Crippen molar-refractivity contribution in [2.75, 3.05) is 35.8 Å². The molecule has 1 aromatic heterocycles. The lowest BCUT2D eigenvalue weighted by Crippen LogP contribution is -2.43. The van der Waals surface area contributed by atoms with E-state index in [0.717, 1.165) is 25.6 Å². The predicted molar refractivity (Wildman–Crippen MR) is 119 cm³/mol. The van der Waals surface area contributed by atoms with Crippen molar-refractivity contribution >= 4 is 21.5 Å². The summed E-state index contributed by atoms with van der Waals surface area (Å²) >= 11 is 0. The highest BCUT2D eigenvalue weighted by atomic mass is 32.2. The maximum Gasteiger partial charge on any atom is 0.265 e. The van der Waals surface area contributed by atoms with E-state index in [4.69, 9.17) is 0 Å². The number of likely N-dealkylation sites (tertiary alicyclic amines) is 1. The molecule has 2 heterocycles. The monoisotopic (exact) mass is 416 g/mol. The van der Waals surface area contributed by atoms with E-state index in [1.807, 2.05) is 25.1 Å². The van der Waals surface area contributed by atoms with Crippen LogP contribution in [0.1, 0.15) is 33.6 Å². The standard InChI is InChI=1S/C22H32N4O2S/c1-4-26(20-10-6-5-7-11-20)29(27,28)21-12-13-22(24-16-21)23-15-19(3)25-14-8-9-18(2)17-25/h5-7,10-13,16,18-19H,4,8-9,14-15,17H2,1-3H3,(H,23,24). The minimum absolute atomic E-state index is 0.201. The molecule has 7 heteroatoms. The number of hydrogen-bond acceptors (Lipinski definition) is 5. The Morgan fingerprint density at radius 3 is 2.62 bits per heavy atom. The first-order valence-corrected chi connectivity index (χ1v) is 11.9. The van der Waals surface area contributed by atoms with E-state index < -0.39 is 10.0 Å². The molecular formula is C22H32N4O2S. The van der Waals surface area contributed by atoms with Crippen LogP contribution in [0.15, 0.2) is 53.6 Å². The zero-order valence-corrected chi connectivity index (χ0v) is 18.4. The van der Waals surface area contributed by atoms with E-state index in [9.17, 15) is 8.42 Å². The molecule has 1 fully saturated rings. The summed E-state index contributed by atoms with van der Waals surface area (Å²) in [4.78, 5) is 7.07. The predicted octanol–water partition coefficient (Wildman–Crippen LogP) is 3.83. The summed E-state index contributed by atoms with van der Waals surface area (Å²) < 4.78 is 27.5. The van der Waals surface area contributed by atoms with Gasteiger partial charge in [0.05, 0.1) is 5.69 Å². The fourth-order valence-corrected chi connectivity index (χ4v) is 5.28. The average Bonchev–Trinajstić information content (AvgIpc) is 2.73. The van der Waals surface area contributed by atoms with Gasteiger partial charge in [0.15, 0.2) is 0 Å². The van der Waals surface area contributed by atoms with E-state index in [0.29, 0.717) is 24.1 Å². The lowest BCUT2D eigenvalue weighted by atomic mass is 9.99. The van der Waals surface area contributed by atoms with Crippen LogP contribution in [0.5, 0.6) is 0 Å². The van der Waals surface area contributed by atoms with Gasteiger partial charge in [-0.2, -0.15) is 0 Å². The lowest BCUT2D eigenvalue weighted by Gasteiger charge is -2.35. The molecule has 0 amide bonds. The first-order valence-electron chi connectivity index (χ1n) is 10.4. The van der Waals surface area contributed by atoms with Crippen LogP contribution in [0.25, 0.3) is 0 Å². The molecule has 29 heavy (non-hydrogen) atoms. The van der Waals surface area contributed by atoms with Crippen LogP contribution < -0.4 is 9.62 Å². The van der Waals surface area contributed by atoms with Crippen molar-refractivity contribution in [3.63, 3.8) is 0 Å². The van der Waals surface area contributed by atoms with Crippen molar-refractivity contribution in [3.05, 3.63) is 48.7 Å². The number of anilines is 2. The van der Waals surface area contributed by atoms with E-state index in [-0.39, 0.29) is 4.90 Å². The second kappa shape index (κ2) is 9.59. The molecule has 0 bridgehead atoms. The van der Waals surface area contributed by atoms with Gasteiger partial charge in [0.25, 0.3) is 10.0 Å². The van der Waals surface area contributed by atoms with Gasteiger partial charge in [0, 0.05) is 31.9 Å². The smallest absolute Gasteiger partial charge is 0.265 e. The Labute approximate surface area is 175 Å². The second-order valence-electron chi connectivity index (χ2n) is 7.86. The van der Waals surface area contributed by atoms with Gasteiger partial charge >= 0.3 is 0 Å². The summed E-state index contributed by atoms with van der Waals surface area (Å²) in [6.07, 6.45) is 4.01. The summed E-state index contributed by atoms with van der Waals surface area (Å²) in [6, 6.07) is 12.9. The topological polar surface area (TPSA) is 65.5 Å². The van der Waals surface area contributed by atoms with Gasteiger partial charge in [-0.15, -0.1) is 0 Å². The fraction of sp³-hybridized carbons (Fsp3) is 0.500. The van der Waals surface area contributed by atoms with Crippen LogP contribution in [-0.2, 0) is 10.0 Å². The first-order chi connectivity index (χ1) is 13.9. The third-order valence-electron chi connectivity index (χ3n) is 5.55. The minimum Gasteiger partial charge on any atom is -0.369 e. The number of nitrogens with zero attached hydrogens (tertiary/aromatic N) is 3. The van der Waals surface area contributed by atoms with E-state index >= 15 is 0 Å². The van der Waals surface area contributed by atoms with Gasteiger partial charge in [0.2, 0.25) is 0 Å². The van der Waals surface area contributed by atoms with Gasteiger partial charge in [-0.25, -0.2) is 13.4 Å². The number of hydrogen-bond donors (Lipinski definition) is 1. The summed E-state index contributed by atoms with van der Waals surface area (Å²) in [5.74, 6) is 1.45. The van der Waals surface area contributed by atoms with Gasteiger partial charge in [-0.3, -0.25) is 9.21 Å². The zero-order valence-electron chi connectivity index (χ0n) is 17.6. The van der Waals surface area contributed by atoms with Gasteiger partial charge in [-0.05, 0) is 63.4 Å². The number of benzene rings is 1. The van der Waals surface area contributed by atoms with Crippen LogP contribution in [0, 0.1) is 5.92 Å². The molecule has 158 valence electrons. The minimum atomic E-state index is -3.64. The van der Waals surface area contributed by atoms with Crippen molar-refractivity contribution in [2.24, 2.45) is 5.92 Å². The second-order valence-corrected chi connectivity index (χ2v) is 9.72. The molecule has 2 atom stereocenters. The average molecular weight is 417 g/mol. The van der Waals surface area contributed by atoms with E-state index in [1.165, 1.54) is 23.3 Å². The summed E-state index contributed by atoms with van der Waals surface area (Å²) in [7, 11) is -3.64. The zero-order chi connectivity index (χ0) is 20.9. The molecule has 2 unspecified atom stereocenters. The number of para-hydroxylation sites is 1. The third-order valence-corrected chi connectivity index (χ3v) is 7.43. The van der Waals surface area contributed by atoms with Crippen molar-refractivity contribution < 1.29 is 8.42 Å². The highest BCUT2D eigenvalue weighted by Crippen LogP contribution is 2.23. The van der Waals surface area contributed by atoms with Crippen LogP contribution in [0.3, 0.4) is 0 Å². The summed E-state index contributed by atoms with van der Waals surface area (Å²) in [6.45, 7) is 9.79. The van der Waals surface area contributed by atoms with Crippen molar-refractivity contribution in [2.45, 2.75) is 44.6 Å². The van der Waals surface area contributed by atoms with Crippen molar-refractivity contribution in [3.8, 4) is 0 Å². The number of piperidine rings is 1. The Hall–Kier alpha value is -2.12. The Kier molecular flexibility index (Phi) is 7.14. The number of rotatable bonds is 8. The quantitative estimate of drug-likeness (QED) is 0.708. The number of nitrogens with one attached hydrogen (secondary N) is 1. The Balaban J connectivity index is 1.64. The summed E-state index contributed by atoms with van der Waals surface area (Å²) in [5.41, 5.74) is 0.654. The maximum atomic E-state index is 13.0.